The number of hydrogen-bond donors (Lipinski definition) is 6. The van der Waals surface area contributed by atoms with E-state index in [4.69, 9.17) is 36.6 Å². The number of benzene rings is 1. The quantitative estimate of drug-likeness (QED) is 0.249. The van der Waals surface area contributed by atoms with E-state index in [0.717, 1.165) is 36.1 Å². The van der Waals surface area contributed by atoms with Crippen LogP contribution in [0, 0.1) is 10.8 Å². The van der Waals surface area contributed by atoms with Crippen molar-refractivity contribution in [1.82, 2.24) is 9.80 Å². The fraction of sp³-hybridized carbons (Fsp3) is 0.280. The van der Waals surface area contributed by atoms with E-state index < -0.39 is 12.1 Å². The van der Waals surface area contributed by atoms with Gasteiger partial charge in [0.15, 0.2) is 17.7 Å². The molecule has 1 aromatic carbocycles. The van der Waals surface area contributed by atoms with Crippen LogP contribution in [-0.4, -0.2) is 71.1 Å². The number of nitrogens with zero attached hydrogens (tertiary/aromatic N) is 2. The van der Waals surface area contributed by atoms with E-state index in [-0.39, 0.29) is 23.6 Å². The maximum Gasteiger partial charge on any atom is 0.490 e. The molecule has 208 valence electrons. The standard InChI is InChI=1S/C23H27N7O2.C2HF3O2/c24-22(25)29-9-5-16(6-10-29)15-1-3-19(4-2-15)28-21(31)20-13-18(14-32-20)17-7-11-30(12-8-17)23(26)27;3-2(4,5)1(6)7/h1-5,7,13-14H,6,8-12H2,(H3,24,25)(H3,26,27)(H,28,31);(H,6,7). The van der Waals surface area contributed by atoms with Gasteiger partial charge in [-0.3, -0.25) is 15.6 Å². The van der Waals surface area contributed by atoms with Gasteiger partial charge in [-0.1, -0.05) is 24.3 Å². The summed E-state index contributed by atoms with van der Waals surface area (Å²) in [7, 11) is 0. The van der Waals surface area contributed by atoms with Gasteiger partial charge in [0, 0.05) is 37.4 Å². The fourth-order valence-corrected chi connectivity index (χ4v) is 3.88. The van der Waals surface area contributed by atoms with Gasteiger partial charge < -0.3 is 36.1 Å². The minimum absolute atomic E-state index is 0.0661. The Morgan fingerprint density at radius 1 is 0.923 bits per heavy atom. The second-order valence-electron chi connectivity index (χ2n) is 8.66. The molecular formula is C25H28F3N7O4. The highest BCUT2D eigenvalue weighted by atomic mass is 19.4. The summed E-state index contributed by atoms with van der Waals surface area (Å²) >= 11 is 0. The number of hydrogen-bond acceptors (Lipinski definition) is 5. The molecule has 0 saturated carbocycles. The average Bonchev–Trinajstić information content (AvgIpc) is 3.40. The van der Waals surface area contributed by atoms with E-state index >= 15 is 0 Å². The summed E-state index contributed by atoms with van der Waals surface area (Å²) in [6, 6.07) is 9.44. The Morgan fingerprint density at radius 2 is 1.41 bits per heavy atom. The van der Waals surface area contributed by atoms with E-state index in [1.807, 2.05) is 35.2 Å². The molecule has 4 rings (SSSR count). The van der Waals surface area contributed by atoms with Crippen LogP contribution >= 0.6 is 0 Å². The zero-order valence-corrected chi connectivity index (χ0v) is 20.7. The van der Waals surface area contributed by atoms with E-state index in [1.54, 1.807) is 17.2 Å². The molecule has 0 spiro atoms. The van der Waals surface area contributed by atoms with Crippen LogP contribution in [-0.2, 0) is 4.79 Å². The molecule has 0 radical (unpaired) electrons. The molecule has 0 saturated heterocycles. The Kier molecular flexibility index (Phi) is 9.01. The first-order chi connectivity index (χ1) is 18.3. The molecule has 14 heteroatoms. The van der Waals surface area contributed by atoms with Gasteiger partial charge >= 0.3 is 12.1 Å². The van der Waals surface area contributed by atoms with Crippen molar-refractivity contribution in [3.8, 4) is 0 Å². The van der Waals surface area contributed by atoms with Crippen molar-refractivity contribution in [1.29, 1.82) is 10.8 Å². The summed E-state index contributed by atoms with van der Waals surface area (Å²) in [4.78, 5) is 25.1. The maximum atomic E-state index is 12.6. The molecule has 8 N–H and O–H groups in total. The van der Waals surface area contributed by atoms with Crippen molar-refractivity contribution >= 4 is 40.6 Å². The number of alkyl halides is 3. The summed E-state index contributed by atoms with van der Waals surface area (Å²) in [5.74, 6) is -2.65. The SMILES string of the molecule is N=C(N)N1CC=C(c2ccc(NC(=O)c3cc(C4=CCN(C(=N)N)CC4)co3)cc2)CC1.O=C(O)C(F)(F)F. The van der Waals surface area contributed by atoms with Gasteiger partial charge in [0.05, 0.1) is 6.26 Å². The van der Waals surface area contributed by atoms with Gasteiger partial charge in [-0.25, -0.2) is 4.79 Å². The molecule has 3 heterocycles. The van der Waals surface area contributed by atoms with Crippen LogP contribution in [0.3, 0.4) is 0 Å². The molecule has 0 atom stereocenters. The lowest BCUT2D eigenvalue weighted by Crippen LogP contribution is -2.39. The lowest BCUT2D eigenvalue weighted by Gasteiger charge is -2.26. The first kappa shape index (κ1) is 28.8. The molecular weight excluding hydrogens is 519 g/mol. The number of carboxylic acids is 1. The molecule has 0 bridgehead atoms. The van der Waals surface area contributed by atoms with E-state index in [2.05, 4.69) is 11.4 Å². The van der Waals surface area contributed by atoms with Gasteiger partial charge in [-0.2, -0.15) is 13.2 Å². The minimum atomic E-state index is -5.08. The molecule has 0 aliphatic carbocycles. The number of nitrogens with two attached hydrogens (primary N) is 2. The highest BCUT2D eigenvalue weighted by molar-refractivity contribution is 6.02. The topological polar surface area (TPSA) is 186 Å². The predicted octanol–water partition coefficient (Wildman–Crippen LogP) is 3.13. The van der Waals surface area contributed by atoms with Crippen molar-refractivity contribution < 1.29 is 32.3 Å². The minimum Gasteiger partial charge on any atom is -0.475 e. The largest absolute Gasteiger partial charge is 0.490 e. The van der Waals surface area contributed by atoms with E-state index in [9.17, 15) is 18.0 Å². The maximum absolute atomic E-state index is 12.6. The van der Waals surface area contributed by atoms with E-state index in [0.29, 0.717) is 25.3 Å². The van der Waals surface area contributed by atoms with Gasteiger partial charge in [0.25, 0.3) is 5.91 Å². The van der Waals surface area contributed by atoms with Crippen molar-refractivity contribution in [2.75, 3.05) is 31.5 Å². The number of amides is 1. The molecule has 0 fully saturated rings. The monoisotopic (exact) mass is 547 g/mol. The summed E-state index contributed by atoms with van der Waals surface area (Å²) in [6.07, 6.45) is 2.15. The number of anilines is 1. The average molecular weight is 548 g/mol. The third-order valence-electron chi connectivity index (χ3n) is 6.05. The summed E-state index contributed by atoms with van der Waals surface area (Å²) in [5.41, 5.74) is 16.0. The third-order valence-corrected chi connectivity index (χ3v) is 6.05. The van der Waals surface area contributed by atoms with Gasteiger partial charge in [0.1, 0.15) is 0 Å². The number of aliphatic carboxylic acids is 1. The predicted molar refractivity (Wildman–Crippen MR) is 139 cm³/mol. The van der Waals surface area contributed by atoms with Crippen molar-refractivity contribution in [2.45, 2.75) is 19.0 Å². The van der Waals surface area contributed by atoms with Crippen molar-refractivity contribution in [2.24, 2.45) is 11.5 Å². The molecule has 11 nitrogen and oxygen atoms in total. The van der Waals surface area contributed by atoms with Crippen LogP contribution in [0.25, 0.3) is 11.1 Å². The number of halogens is 3. The second kappa shape index (κ2) is 12.2. The lowest BCUT2D eigenvalue weighted by atomic mass is 9.99. The van der Waals surface area contributed by atoms with Crippen LogP contribution in [0.4, 0.5) is 18.9 Å². The number of guanidine groups is 2. The Morgan fingerprint density at radius 3 is 1.82 bits per heavy atom. The molecule has 1 aromatic heterocycles. The Hall–Kier alpha value is -4.75. The van der Waals surface area contributed by atoms with Crippen molar-refractivity contribution in [3.63, 3.8) is 0 Å². The number of carboxylic acid groups (broad SMARTS) is 1. The van der Waals surface area contributed by atoms with E-state index in [1.165, 1.54) is 5.57 Å². The van der Waals surface area contributed by atoms with Crippen LogP contribution in [0.2, 0.25) is 0 Å². The smallest absolute Gasteiger partial charge is 0.475 e. The Bertz CT molecular complexity index is 1300. The second-order valence-corrected chi connectivity index (χ2v) is 8.66. The summed E-state index contributed by atoms with van der Waals surface area (Å²) < 4.78 is 37.2. The number of nitrogens with one attached hydrogen (secondary N) is 3. The first-order valence-corrected chi connectivity index (χ1v) is 11.7. The molecule has 2 aliphatic rings. The highest BCUT2D eigenvalue weighted by Crippen LogP contribution is 2.26. The van der Waals surface area contributed by atoms with Gasteiger partial charge in [-0.05, 0) is 47.8 Å². The fourth-order valence-electron chi connectivity index (χ4n) is 3.88. The molecule has 39 heavy (non-hydrogen) atoms. The first-order valence-electron chi connectivity index (χ1n) is 11.7. The highest BCUT2D eigenvalue weighted by Gasteiger charge is 2.38. The van der Waals surface area contributed by atoms with Crippen LogP contribution < -0.4 is 16.8 Å². The van der Waals surface area contributed by atoms with Gasteiger partial charge in [-0.15, -0.1) is 0 Å². The number of furan rings is 1. The van der Waals surface area contributed by atoms with Crippen LogP contribution in [0.1, 0.15) is 34.5 Å². The zero-order chi connectivity index (χ0) is 28.7. The third kappa shape index (κ3) is 7.87. The Balaban J connectivity index is 0.000000532. The van der Waals surface area contributed by atoms with Gasteiger partial charge in [0.2, 0.25) is 0 Å². The van der Waals surface area contributed by atoms with Crippen molar-refractivity contribution in [3.05, 3.63) is 65.6 Å². The normalized spacial score (nSPS) is 15.4. The number of rotatable bonds is 4. The van der Waals surface area contributed by atoms with Crippen LogP contribution in [0.15, 0.2) is 53.2 Å². The number of carbonyl (C=O) groups excluding carboxylic acids is 1. The van der Waals surface area contributed by atoms with Crippen LogP contribution in [0.5, 0.6) is 0 Å². The summed E-state index contributed by atoms with van der Waals surface area (Å²) in [5, 5.41) is 25.0. The lowest BCUT2D eigenvalue weighted by molar-refractivity contribution is -0.192. The zero-order valence-electron chi connectivity index (χ0n) is 20.7. The number of carbonyl (C=O) groups is 2. The molecule has 2 aliphatic heterocycles. The Labute approximate surface area is 221 Å². The molecule has 0 unspecified atom stereocenters. The molecule has 1 amide bonds. The summed E-state index contributed by atoms with van der Waals surface area (Å²) in [6.45, 7) is 2.60. The molecule has 2 aromatic rings.